The van der Waals surface area contributed by atoms with E-state index in [1.165, 1.54) is 45.3 Å². The van der Waals surface area contributed by atoms with Gasteiger partial charge in [0.15, 0.2) is 6.10 Å². The zero-order valence-electron chi connectivity index (χ0n) is 68.5. The molecular weight excluding hydrogens is 1470 g/mol. The van der Waals surface area contributed by atoms with Crippen LogP contribution in [0.3, 0.4) is 0 Å². The Morgan fingerprint density at radius 3 is 2.07 bits per heavy atom. The second-order valence-corrected chi connectivity index (χ2v) is 31.7. The first-order chi connectivity index (χ1) is 53.9. The number of aromatic nitrogens is 1. The molecule has 2 aliphatic rings. The van der Waals surface area contributed by atoms with Crippen molar-refractivity contribution in [3.05, 3.63) is 111 Å². The quantitative estimate of drug-likeness (QED) is 0.0190. The fourth-order valence-electron chi connectivity index (χ4n) is 13.6. The highest BCUT2D eigenvalue weighted by Crippen LogP contribution is 2.36. The minimum absolute atomic E-state index is 0.0365. The number of nitrogens with zero attached hydrogens (tertiary/aromatic N) is 4. The lowest BCUT2D eigenvalue weighted by molar-refractivity contribution is -0.147. The number of benzene rings is 3. The number of carbonyl (C=O) groups excluding carboxylic acids is 9. The number of aliphatic carboxylic acids is 1. The predicted octanol–water partition coefficient (Wildman–Crippen LogP) is 10.8. The molecule has 1 fully saturated rings. The van der Waals surface area contributed by atoms with Gasteiger partial charge < -0.3 is 80.7 Å². The standard InChI is InChI=1S/C84H124FN11O16S/c1-14-16-17-23-37-95(81(104)76(56(7)15-2)93-73(99)49-63-27-22-24-36-94(63)13)69(54(3)4)50-70(112-83(107)86-12)80-91-67(53-113-80)78(102)89-62(51-84(10,11)82(105)106)47-59-30-31-66(65(85)48-59)90-77(101)58(9)88-79(103)75(55(5)6)92-72(98)34-38-108-40-42-110-44-45-111-43-41-109-39-35-87-71(97)32-33-74(100)96-52-61-26-19-18-25-60(61)46-57(8)64-28-20-21-29-68(64)96/h18-21,25-26,28-31,46,48,53-56,58,62-63,69-70,75-76H,14-17,22-24,27,32-45,47,49-52H2,1-13H3,(H,86,107)(H,87,97)(H,88,103)(H,89,102)(H,90,101)(H,92,98)(H,93,99)(H,105,106)/b57-46-/t56-,58-,62-,63+,69+,70+,75-,76-/m0/s1. The number of likely N-dealkylation sites (tertiary alicyclic amines) is 1. The number of piperidine rings is 1. The summed E-state index contributed by atoms with van der Waals surface area (Å²) < 4.78 is 44.4. The van der Waals surface area contributed by atoms with Gasteiger partial charge in [-0.25, -0.2) is 14.2 Å². The number of carbonyl (C=O) groups is 10. The number of carboxylic acids is 1. The van der Waals surface area contributed by atoms with Gasteiger partial charge in [0.2, 0.25) is 41.4 Å². The monoisotopic (exact) mass is 1590 g/mol. The maximum absolute atomic E-state index is 16.1. The molecule has 0 spiro atoms. The lowest BCUT2D eigenvalue weighted by Crippen LogP contribution is -2.56. The summed E-state index contributed by atoms with van der Waals surface area (Å²) >= 11 is 1.07. The van der Waals surface area contributed by atoms with Gasteiger partial charge in [-0.15, -0.1) is 11.3 Å². The maximum Gasteiger partial charge on any atom is 0.407 e. The molecular formula is C84H124FN11O16S. The van der Waals surface area contributed by atoms with E-state index in [-0.39, 0.29) is 142 Å². The Morgan fingerprint density at radius 1 is 0.743 bits per heavy atom. The molecule has 8 atom stereocenters. The number of para-hydroxylation sites is 1. The van der Waals surface area contributed by atoms with Crippen LogP contribution < -0.4 is 42.1 Å². The highest BCUT2D eigenvalue weighted by molar-refractivity contribution is 7.09. The van der Waals surface area contributed by atoms with Crippen molar-refractivity contribution in [1.29, 1.82) is 0 Å². The number of amides is 9. The van der Waals surface area contributed by atoms with Gasteiger partial charge in [0, 0.05) is 81.3 Å². The molecule has 3 aromatic carbocycles. The highest BCUT2D eigenvalue weighted by atomic mass is 32.1. The molecule has 9 amide bonds. The van der Waals surface area contributed by atoms with Crippen LogP contribution in [0.2, 0.25) is 0 Å². The number of hydrogen-bond donors (Lipinski definition) is 8. The van der Waals surface area contributed by atoms with E-state index < -0.39 is 89.2 Å². The molecule has 1 aromatic heterocycles. The Kier molecular flexibility index (Phi) is 39.4. The molecule has 6 rings (SSSR count). The van der Waals surface area contributed by atoms with Crippen molar-refractivity contribution in [1.82, 2.24) is 46.7 Å². The minimum Gasteiger partial charge on any atom is -0.481 e. The first-order valence-corrected chi connectivity index (χ1v) is 40.9. The number of thiazole rings is 1. The molecule has 0 unspecified atom stereocenters. The van der Waals surface area contributed by atoms with Gasteiger partial charge >= 0.3 is 12.1 Å². The van der Waals surface area contributed by atoms with Crippen molar-refractivity contribution in [3.63, 3.8) is 0 Å². The number of unbranched alkanes of at least 4 members (excludes halogenated alkanes) is 3. The van der Waals surface area contributed by atoms with Crippen molar-refractivity contribution in [2.24, 2.45) is 23.2 Å². The summed E-state index contributed by atoms with van der Waals surface area (Å²) in [6, 6.07) is 15.4. The molecule has 4 aromatic rings. The zero-order chi connectivity index (χ0) is 82.7. The third-order valence-electron chi connectivity index (χ3n) is 20.6. The lowest BCUT2D eigenvalue weighted by Gasteiger charge is -2.39. The number of halogens is 1. The molecule has 0 radical (unpaired) electrons. The third-order valence-corrected chi connectivity index (χ3v) is 21.6. The molecule has 113 heavy (non-hydrogen) atoms. The SMILES string of the molecule is CCCCCCN(C(=O)[C@@H](NC(=O)C[C@H]1CCCCN1C)[C@@H](C)CC)[C@H](C[C@@H](OC(=O)NC)c1nc(C(=O)N[C@@H](Cc2ccc(NC(=O)[C@H](C)NC(=O)[C@@H](NC(=O)CCOCCOCCOCCOCCNC(=O)CCC(=O)N3Cc4ccccc4/C=C(/C)c4ccccc43)C(C)C)c(F)c2)CC(C)(C)C(=O)O)cs1)C(C)C. The smallest absolute Gasteiger partial charge is 0.407 e. The van der Waals surface area contributed by atoms with E-state index in [0.29, 0.717) is 51.3 Å². The fourth-order valence-corrected chi connectivity index (χ4v) is 14.5. The zero-order valence-corrected chi connectivity index (χ0v) is 69.3. The number of ether oxygens (including phenoxy) is 5. The Balaban J connectivity index is 0.923. The molecule has 624 valence electrons. The van der Waals surface area contributed by atoms with Gasteiger partial charge in [0.05, 0.1) is 76.2 Å². The summed E-state index contributed by atoms with van der Waals surface area (Å²) in [5.41, 5.74) is 3.60. The van der Waals surface area contributed by atoms with E-state index in [0.717, 1.165) is 90.4 Å². The van der Waals surface area contributed by atoms with E-state index in [2.05, 4.69) is 55.1 Å². The number of allylic oxidation sites excluding steroid dienone is 1. The van der Waals surface area contributed by atoms with E-state index in [9.17, 15) is 48.3 Å². The lowest BCUT2D eigenvalue weighted by atomic mass is 9.84. The van der Waals surface area contributed by atoms with Gasteiger partial charge in [-0.1, -0.05) is 135 Å². The van der Waals surface area contributed by atoms with Gasteiger partial charge in [-0.2, -0.15) is 0 Å². The van der Waals surface area contributed by atoms with Crippen LogP contribution in [0, 0.1) is 29.0 Å². The maximum atomic E-state index is 16.1. The van der Waals surface area contributed by atoms with Crippen LogP contribution in [-0.4, -0.2) is 202 Å². The molecule has 8 N–H and O–H groups in total. The van der Waals surface area contributed by atoms with Crippen LogP contribution in [0.15, 0.2) is 72.1 Å². The van der Waals surface area contributed by atoms with Crippen molar-refractivity contribution in [2.75, 3.05) is 96.8 Å². The van der Waals surface area contributed by atoms with Crippen LogP contribution in [-0.2, 0) is 75.0 Å². The second-order valence-electron chi connectivity index (χ2n) is 30.8. The highest BCUT2D eigenvalue weighted by Gasteiger charge is 2.39. The van der Waals surface area contributed by atoms with Gasteiger partial charge in [0.25, 0.3) is 5.91 Å². The fraction of sp³-hybridized carbons (Fsp3) is 0.607. The van der Waals surface area contributed by atoms with Crippen molar-refractivity contribution in [2.45, 2.75) is 221 Å². The average molecular weight is 1600 g/mol. The molecule has 29 heteroatoms. The van der Waals surface area contributed by atoms with E-state index in [1.807, 2.05) is 95.1 Å². The molecule has 3 heterocycles. The summed E-state index contributed by atoms with van der Waals surface area (Å²) in [4.78, 5) is 146. The van der Waals surface area contributed by atoms with Crippen molar-refractivity contribution < 1.29 is 81.1 Å². The summed E-state index contributed by atoms with van der Waals surface area (Å²) in [6.45, 7) is 23.8. The van der Waals surface area contributed by atoms with Crippen LogP contribution in [0.1, 0.15) is 210 Å². The number of fused-ring (bicyclic) bond motifs is 2. The Morgan fingerprint density at radius 2 is 1.42 bits per heavy atom. The molecule has 0 bridgehead atoms. The first-order valence-electron chi connectivity index (χ1n) is 40.1. The molecule has 1 saturated heterocycles. The van der Waals surface area contributed by atoms with Crippen molar-refractivity contribution >= 4 is 93.7 Å². The molecule has 0 aliphatic carbocycles. The number of rotatable bonds is 48. The second kappa shape index (κ2) is 47.8. The molecule has 27 nitrogen and oxygen atoms in total. The normalized spacial score (nSPS) is 16.1. The number of carboxylic acid groups (broad SMARTS) is 1. The van der Waals surface area contributed by atoms with Crippen molar-refractivity contribution in [3.8, 4) is 0 Å². The number of anilines is 2. The summed E-state index contributed by atoms with van der Waals surface area (Å²) in [6.07, 6.45) is 7.71. The van der Waals surface area contributed by atoms with Crippen LogP contribution in [0.4, 0.5) is 20.6 Å². The van der Waals surface area contributed by atoms with E-state index >= 15 is 9.18 Å². The Hall–Kier alpha value is -8.74. The van der Waals surface area contributed by atoms with Crippen LogP contribution in [0.5, 0.6) is 0 Å². The predicted molar refractivity (Wildman–Crippen MR) is 434 cm³/mol. The third kappa shape index (κ3) is 30.5. The summed E-state index contributed by atoms with van der Waals surface area (Å²) in [5.74, 6) is -6.12. The summed E-state index contributed by atoms with van der Waals surface area (Å²) in [7, 11) is 3.44. The van der Waals surface area contributed by atoms with Crippen LogP contribution in [0.25, 0.3) is 11.6 Å². The Labute approximate surface area is 670 Å². The van der Waals surface area contributed by atoms with E-state index in [1.54, 1.807) is 18.7 Å². The average Bonchev–Trinajstić information content (AvgIpc) is 1.44. The number of hydrogen-bond acceptors (Lipinski definition) is 18. The van der Waals surface area contributed by atoms with E-state index in [4.69, 9.17) is 28.7 Å². The number of alkyl carbamates (subject to hydrolysis) is 1. The Bertz CT molecular complexity index is 3800. The topological polar surface area (TPSA) is 344 Å². The van der Waals surface area contributed by atoms with Crippen LogP contribution >= 0.6 is 11.3 Å². The van der Waals surface area contributed by atoms with Gasteiger partial charge in [-0.05, 0) is 132 Å². The molecule has 2 aliphatic heterocycles. The molecule has 0 saturated carbocycles. The largest absolute Gasteiger partial charge is 0.481 e. The van der Waals surface area contributed by atoms with Gasteiger partial charge in [-0.3, -0.25) is 43.2 Å². The summed E-state index contributed by atoms with van der Waals surface area (Å²) in [5, 5.41) is 31.2. The van der Waals surface area contributed by atoms with Gasteiger partial charge in [0.1, 0.15) is 34.6 Å². The minimum atomic E-state index is -1.38. The number of nitrogens with one attached hydrogen (secondary N) is 7. The first kappa shape index (κ1) is 93.1.